The van der Waals surface area contributed by atoms with E-state index in [-0.39, 0.29) is 12.3 Å². The summed E-state index contributed by atoms with van der Waals surface area (Å²) in [6.45, 7) is 1.93. The number of nitrogens with zero attached hydrogens (tertiary/aromatic N) is 2. The van der Waals surface area contributed by atoms with Crippen molar-refractivity contribution in [3.63, 3.8) is 0 Å². The molecule has 0 atom stereocenters. The molecular weight excluding hydrogens is 268 g/mol. The number of nitro benzene ring substituents is 1. The van der Waals surface area contributed by atoms with Crippen molar-refractivity contribution in [3.8, 4) is 5.75 Å². The van der Waals surface area contributed by atoms with Crippen LogP contribution in [-0.2, 0) is 6.61 Å². The maximum absolute atomic E-state index is 10.7. The van der Waals surface area contributed by atoms with Crippen molar-refractivity contribution in [3.05, 3.63) is 62.9 Å². The van der Waals surface area contributed by atoms with E-state index in [1.54, 1.807) is 37.4 Å². The zero-order chi connectivity index (χ0) is 13.8. The van der Waals surface area contributed by atoms with Crippen LogP contribution < -0.4 is 4.74 Å². The predicted octanol–water partition coefficient (Wildman–Crippen LogP) is 3.53. The Labute approximate surface area is 115 Å². The van der Waals surface area contributed by atoms with E-state index in [4.69, 9.17) is 16.3 Å². The highest BCUT2D eigenvalue weighted by atomic mass is 35.5. The lowest BCUT2D eigenvalue weighted by Gasteiger charge is -2.06. The SMILES string of the molecule is Cc1cc(OCc2cc(Cl)ccn2)ccc1[N+](=O)[O-]. The van der Waals surface area contributed by atoms with E-state index in [0.717, 1.165) is 0 Å². The van der Waals surface area contributed by atoms with Gasteiger partial charge in [-0.25, -0.2) is 0 Å². The third kappa shape index (κ3) is 3.42. The van der Waals surface area contributed by atoms with E-state index in [1.807, 2.05) is 0 Å². The van der Waals surface area contributed by atoms with Gasteiger partial charge in [-0.2, -0.15) is 0 Å². The Morgan fingerprint density at radius 3 is 2.79 bits per heavy atom. The van der Waals surface area contributed by atoms with Gasteiger partial charge in [0.25, 0.3) is 5.69 Å². The summed E-state index contributed by atoms with van der Waals surface area (Å²) in [6, 6.07) is 8.01. The number of hydrogen-bond donors (Lipinski definition) is 0. The highest BCUT2D eigenvalue weighted by Crippen LogP contribution is 2.23. The lowest BCUT2D eigenvalue weighted by Crippen LogP contribution is -1.99. The van der Waals surface area contributed by atoms with Crippen LogP contribution in [0.1, 0.15) is 11.3 Å². The van der Waals surface area contributed by atoms with Crippen LogP contribution in [0.4, 0.5) is 5.69 Å². The Bertz CT molecular complexity index is 617. The van der Waals surface area contributed by atoms with Gasteiger partial charge in [-0.3, -0.25) is 15.1 Å². The molecule has 5 nitrogen and oxygen atoms in total. The number of pyridine rings is 1. The summed E-state index contributed by atoms with van der Waals surface area (Å²) in [5, 5.41) is 11.3. The van der Waals surface area contributed by atoms with Gasteiger partial charge in [-0.05, 0) is 31.2 Å². The summed E-state index contributed by atoms with van der Waals surface area (Å²) in [5.74, 6) is 0.560. The fourth-order valence-electron chi connectivity index (χ4n) is 1.61. The molecular formula is C13H11ClN2O3. The molecule has 0 radical (unpaired) electrons. The first-order valence-electron chi connectivity index (χ1n) is 5.54. The third-order valence-corrected chi connectivity index (χ3v) is 2.77. The molecule has 0 unspecified atom stereocenters. The summed E-state index contributed by atoms with van der Waals surface area (Å²) in [4.78, 5) is 14.4. The average molecular weight is 279 g/mol. The topological polar surface area (TPSA) is 65.3 Å². The van der Waals surface area contributed by atoms with E-state index in [9.17, 15) is 10.1 Å². The van der Waals surface area contributed by atoms with Crippen molar-refractivity contribution in [2.75, 3.05) is 0 Å². The van der Waals surface area contributed by atoms with Crippen molar-refractivity contribution in [1.82, 2.24) is 4.98 Å². The summed E-state index contributed by atoms with van der Waals surface area (Å²) >= 11 is 5.84. The van der Waals surface area contributed by atoms with Crippen LogP contribution in [0.5, 0.6) is 5.75 Å². The third-order valence-electron chi connectivity index (χ3n) is 2.53. The Morgan fingerprint density at radius 2 is 2.16 bits per heavy atom. The highest BCUT2D eigenvalue weighted by Gasteiger charge is 2.10. The number of ether oxygens (including phenoxy) is 1. The zero-order valence-electron chi connectivity index (χ0n) is 10.2. The molecule has 1 heterocycles. The zero-order valence-corrected chi connectivity index (χ0v) is 10.9. The summed E-state index contributed by atoms with van der Waals surface area (Å²) in [7, 11) is 0. The van der Waals surface area contributed by atoms with Gasteiger partial charge < -0.3 is 4.74 Å². The van der Waals surface area contributed by atoms with Gasteiger partial charge in [0.1, 0.15) is 12.4 Å². The fourth-order valence-corrected chi connectivity index (χ4v) is 1.79. The second-order valence-corrected chi connectivity index (χ2v) is 4.40. The van der Waals surface area contributed by atoms with Gasteiger partial charge in [-0.15, -0.1) is 0 Å². The molecule has 1 aromatic heterocycles. The Balaban J connectivity index is 2.08. The van der Waals surface area contributed by atoms with Crippen LogP contribution in [0.2, 0.25) is 5.02 Å². The van der Waals surface area contributed by atoms with Crippen molar-refractivity contribution >= 4 is 17.3 Å². The van der Waals surface area contributed by atoms with Crippen molar-refractivity contribution < 1.29 is 9.66 Å². The molecule has 98 valence electrons. The van der Waals surface area contributed by atoms with Crippen LogP contribution in [0.15, 0.2) is 36.5 Å². The molecule has 0 N–H and O–H groups in total. The smallest absolute Gasteiger partial charge is 0.272 e. The number of aromatic nitrogens is 1. The minimum atomic E-state index is -0.419. The average Bonchev–Trinajstić information content (AvgIpc) is 2.36. The molecule has 0 bridgehead atoms. The van der Waals surface area contributed by atoms with Crippen molar-refractivity contribution in [2.24, 2.45) is 0 Å². The summed E-state index contributed by atoms with van der Waals surface area (Å²) in [5.41, 5.74) is 1.33. The second kappa shape index (κ2) is 5.67. The fraction of sp³-hybridized carbons (Fsp3) is 0.154. The van der Waals surface area contributed by atoms with E-state index in [1.165, 1.54) is 6.07 Å². The first kappa shape index (κ1) is 13.3. The second-order valence-electron chi connectivity index (χ2n) is 3.96. The molecule has 0 aliphatic heterocycles. The largest absolute Gasteiger partial charge is 0.487 e. The molecule has 2 aromatic rings. The maximum atomic E-state index is 10.7. The molecule has 0 aliphatic carbocycles. The minimum absolute atomic E-state index is 0.0771. The number of benzene rings is 1. The molecule has 0 aliphatic rings. The van der Waals surface area contributed by atoms with Crippen LogP contribution in [0.3, 0.4) is 0 Å². The number of halogens is 1. The molecule has 0 amide bonds. The van der Waals surface area contributed by atoms with E-state index in [2.05, 4.69) is 4.98 Å². The Hall–Kier alpha value is -2.14. The number of nitro groups is 1. The molecule has 0 saturated carbocycles. The maximum Gasteiger partial charge on any atom is 0.272 e. The van der Waals surface area contributed by atoms with Gasteiger partial charge >= 0.3 is 0 Å². The van der Waals surface area contributed by atoms with Crippen molar-refractivity contribution in [2.45, 2.75) is 13.5 Å². The van der Waals surface area contributed by atoms with Crippen LogP contribution in [0, 0.1) is 17.0 Å². The van der Waals surface area contributed by atoms with Crippen molar-refractivity contribution in [1.29, 1.82) is 0 Å². The van der Waals surface area contributed by atoms with Gasteiger partial charge in [-0.1, -0.05) is 11.6 Å². The Morgan fingerprint density at radius 1 is 1.37 bits per heavy atom. The van der Waals surface area contributed by atoms with Gasteiger partial charge in [0.2, 0.25) is 0 Å². The minimum Gasteiger partial charge on any atom is -0.487 e. The number of hydrogen-bond acceptors (Lipinski definition) is 4. The van der Waals surface area contributed by atoms with Crippen LogP contribution in [0.25, 0.3) is 0 Å². The predicted molar refractivity (Wildman–Crippen MR) is 71.4 cm³/mol. The molecule has 19 heavy (non-hydrogen) atoms. The Kier molecular flexibility index (Phi) is 3.97. The number of aryl methyl sites for hydroxylation is 1. The molecule has 6 heteroatoms. The van der Waals surface area contributed by atoms with Crippen LogP contribution in [-0.4, -0.2) is 9.91 Å². The quantitative estimate of drug-likeness (QED) is 0.634. The standard InChI is InChI=1S/C13H11ClN2O3/c1-9-6-12(2-3-13(9)16(17)18)19-8-11-7-10(14)4-5-15-11/h2-7H,8H2,1H3. The lowest BCUT2D eigenvalue weighted by atomic mass is 10.2. The van der Waals surface area contributed by atoms with Gasteiger partial charge in [0, 0.05) is 22.8 Å². The molecule has 2 rings (SSSR count). The van der Waals surface area contributed by atoms with Gasteiger partial charge in [0.05, 0.1) is 10.6 Å². The molecule has 1 aromatic carbocycles. The van der Waals surface area contributed by atoms with E-state index >= 15 is 0 Å². The highest BCUT2D eigenvalue weighted by molar-refractivity contribution is 6.30. The monoisotopic (exact) mass is 278 g/mol. The number of rotatable bonds is 4. The molecule has 0 fully saturated rings. The normalized spacial score (nSPS) is 10.2. The lowest BCUT2D eigenvalue weighted by molar-refractivity contribution is -0.385. The van der Waals surface area contributed by atoms with E-state index < -0.39 is 4.92 Å². The summed E-state index contributed by atoms with van der Waals surface area (Å²) in [6.07, 6.45) is 1.60. The van der Waals surface area contributed by atoms with Crippen LogP contribution >= 0.6 is 11.6 Å². The molecule has 0 spiro atoms. The van der Waals surface area contributed by atoms with E-state index in [0.29, 0.717) is 22.0 Å². The summed E-state index contributed by atoms with van der Waals surface area (Å²) < 4.78 is 5.52. The first-order chi connectivity index (χ1) is 9.06. The molecule has 0 saturated heterocycles. The first-order valence-corrected chi connectivity index (χ1v) is 5.92. The van der Waals surface area contributed by atoms with Gasteiger partial charge in [0.15, 0.2) is 0 Å².